The van der Waals surface area contributed by atoms with Gasteiger partial charge in [0.25, 0.3) is 0 Å². The van der Waals surface area contributed by atoms with Crippen LogP contribution in [0.4, 0.5) is 11.4 Å². The van der Waals surface area contributed by atoms with E-state index in [1.165, 1.54) is 11.4 Å². The molecule has 0 fully saturated rings. The van der Waals surface area contributed by atoms with E-state index >= 15 is 0 Å². The quantitative estimate of drug-likeness (QED) is 0.691. The van der Waals surface area contributed by atoms with Crippen LogP contribution in [0.3, 0.4) is 0 Å². The molecule has 0 saturated heterocycles. The standard InChI is InChI=1S/C16H15N2/c1-14-17-12-13-18(14,15-8-4-2-5-9-15)16-10-6-3-7-11-16/h2-13H,1H3/q+1. The Kier molecular flexibility index (Phi) is 2.58. The molecule has 2 aromatic carbocycles. The predicted octanol–water partition coefficient (Wildman–Crippen LogP) is 4.23. The number of benzene rings is 2. The first-order valence-corrected chi connectivity index (χ1v) is 6.07. The third-order valence-corrected chi connectivity index (χ3v) is 3.39. The van der Waals surface area contributed by atoms with Gasteiger partial charge in [0.1, 0.15) is 17.6 Å². The molecule has 0 aliphatic carbocycles. The average molecular weight is 235 g/mol. The Balaban J connectivity index is 2.24. The molecular formula is C16H15N2+. The van der Waals surface area contributed by atoms with Gasteiger partial charge in [0, 0.05) is 31.2 Å². The average Bonchev–Trinajstić information content (AvgIpc) is 2.84. The van der Waals surface area contributed by atoms with Crippen molar-refractivity contribution in [1.82, 2.24) is 4.48 Å². The summed E-state index contributed by atoms with van der Waals surface area (Å²) in [6.45, 7) is 2.07. The first-order valence-electron chi connectivity index (χ1n) is 6.07. The minimum absolute atomic E-state index is 0.585. The second-order valence-corrected chi connectivity index (χ2v) is 4.37. The molecule has 18 heavy (non-hydrogen) atoms. The van der Waals surface area contributed by atoms with Crippen LogP contribution in [0.15, 0.2) is 78.1 Å². The van der Waals surface area contributed by atoms with E-state index in [9.17, 15) is 0 Å². The summed E-state index contributed by atoms with van der Waals surface area (Å²) in [5.74, 6) is 1.06. The summed E-state index contributed by atoms with van der Waals surface area (Å²) in [5.41, 5.74) is 2.41. The van der Waals surface area contributed by atoms with Crippen LogP contribution >= 0.6 is 0 Å². The molecule has 0 aromatic heterocycles. The molecule has 0 radical (unpaired) electrons. The summed E-state index contributed by atoms with van der Waals surface area (Å²) in [4.78, 5) is 4.45. The zero-order valence-electron chi connectivity index (χ0n) is 10.3. The highest BCUT2D eigenvalue weighted by atomic mass is 15.4. The summed E-state index contributed by atoms with van der Waals surface area (Å²) in [7, 11) is 0. The van der Waals surface area contributed by atoms with Gasteiger partial charge in [-0.2, -0.15) is 4.48 Å². The van der Waals surface area contributed by atoms with E-state index in [-0.39, 0.29) is 0 Å². The summed E-state index contributed by atoms with van der Waals surface area (Å²) in [5, 5.41) is 0. The number of quaternary nitrogens is 1. The van der Waals surface area contributed by atoms with Crippen LogP contribution in [0.5, 0.6) is 0 Å². The first-order chi connectivity index (χ1) is 8.84. The van der Waals surface area contributed by atoms with Gasteiger partial charge in [-0.15, -0.1) is 0 Å². The molecular weight excluding hydrogens is 220 g/mol. The molecule has 3 rings (SSSR count). The van der Waals surface area contributed by atoms with Crippen molar-refractivity contribution in [1.29, 1.82) is 0 Å². The fourth-order valence-corrected chi connectivity index (χ4v) is 2.46. The maximum Gasteiger partial charge on any atom is 0.214 e. The van der Waals surface area contributed by atoms with Gasteiger partial charge in [0.05, 0.1) is 6.20 Å². The minimum Gasteiger partial charge on any atom is -0.202 e. The smallest absolute Gasteiger partial charge is 0.202 e. The van der Waals surface area contributed by atoms with Crippen molar-refractivity contribution in [2.75, 3.05) is 0 Å². The Morgan fingerprint density at radius 2 is 1.28 bits per heavy atom. The van der Waals surface area contributed by atoms with Crippen molar-refractivity contribution in [3.05, 3.63) is 73.1 Å². The molecule has 0 N–H and O–H groups in total. The zero-order valence-corrected chi connectivity index (χ0v) is 10.3. The lowest BCUT2D eigenvalue weighted by Crippen LogP contribution is -2.40. The van der Waals surface area contributed by atoms with Gasteiger partial charge in [-0.05, 0) is 0 Å². The van der Waals surface area contributed by atoms with Gasteiger partial charge in [0.2, 0.25) is 5.84 Å². The molecule has 0 saturated carbocycles. The minimum atomic E-state index is 0.585. The van der Waals surface area contributed by atoms with Gasteiger partial charge in [-0.1, -0.05) is 36.4 Å². The highest BCUT2D eigenvalue weighted by Gasteiger charge is 2.37. The molecule has 1 aliphatic rings. The van der Waals surface area contributed by atoms with Crippen molar-refractivity contribution >= 4 is 17.2 Å². The Morgan fingerprint density at radius 3 is 1.67 bits per heavy atom. The lowest BCUT2D eigenvalue weighted by molar-refractivity contribution is 0.743. The Hall–Kier alpha value is -2.19. The van der Waals surface area contributed by atoms with E-state index in [4.69, 9.17) is 0 Å². The fourth-order valence-electron chi connectivity index (χ4n) is 2.46. The Bertz CT molecular complexity index is 558. The van der Waals surface area contributed by atoms with Crippen molar-refractivity contribution in [3.63, 3.8) is 0 Å². The number of aliphatic imine (C=N–C) groups is 1. The molecule has 2 nitrogen and oxygen atoms in total. The van der Waals surface area contributed by atoms with Crippen molar-refractivity contribution < 1.29 is 0 Å². The number of para-hydroxylation sites is 2. The molecule has 88 valence electrons. The Labute approximate surface area is 107 Å². The number of rotatable bonds is 2. The highest BCUT2D eigenvalue weighted by Crippen LogP contribution is 2.38. The van der Waals surface area contributed by atoms with E-state index in [0.717, 1.165) is 5.84 Å². The Morgan fingerprint density at radius 1 is 0.778 bits per heavy atom. The topological polar surface area (TPSA) is 12.4 Å². The number of hydrogen-bond acceptors (Lipinski definition) is 1. The summed E-state index contributed by atoms with van der Waals surface area (Å²) in [6.07, 6.45) is 4.01. The SMILES string of the molecule is CC1=NC=C[N+]1(c1ccccc1)c1ccccc1. The molecule has 1 heterocycles. The predicted molar refractivity (Wildman–Crippen MR) is 76.6 cm³/mol. The second-order valence-electron chi connectivity index (χ2n) is 4.37. The third kappa shape index (κ3) is 1.50. The van der Waals surface area contributed by atoms with Gasteiger partial charge >= 0.3 is 0 Å². The van der Waals surface area contributed by atoms with Crippen LogP contribution in [0.1, 0.15) is 6.92 Å². The van der Waals surface area contributed by atoms with E-state index in [1.807, 2.05) is 18.3 Å². The summed E-state index contributed by atoms with van der Waals surface area (Å²) >= 11 is 0. The van der Waals surface area contributed by atoms with Crippen LogP contribution in [0.2, 0.25) is 0 Å². The third-order valence-electron chi connectivity index (χ3n) is 3.39. The molecule has 2 heteroatoms. The molecule has 0 bridgehead atoms. The van der Waals surface area contributed by atoms with Crippen molar-refractivity contribution in [2.45, 2.75) is 6.92 Å². The van der Waals surface area contributed by atoms with Crippen LogP contribution in [0.25, 0.3) is 0 Å². The van der Waals surface area contributed by atoms with Crippen molar-refractivity contribution in [3.8, 4) is 0 Å². The first kappa shape index (κ1) is 10.9. The van der Waals surface area contributed by atoms with E-state index in [2.05, 4.69) is 66.6 Å². The van der Waals surface area contributed by atoms with Crippen LogP contribution in [-0.4, -0.2) is 5.84 Å². The lowest BCUT2D eigenvalue weighted by atomic mass is 10.2. The van der Waals surface area contributed by atoms with Crippen LogP contribution in [-0.2, 0) is 0 Å². The summed E-state index contributed by atoms with van der Waals surface area (Å²) in [6, 6.07) is 20.9. The van der Waals surface area contributed by atoms with Gasteiger partial charge in [-0.25, -0.2) is 4.99 Å². The van der Waals surface area contributed by atoms with Crippen LogP contribution < -0.4 is 4.48 Å². The van der Waals surface area contributed by atoms with Crippen LogP contribution in [0, 0.1) is 0 Å². The van der Waals surface area contributed by atoms with Gasteiger partial charge in [-0.3, -0.25) is 0 Å². The molecule has 0 amide bonds. The maximum atomic E-state index is 4.45. The highest BCUT2D eigenvalue weighted by molar-refractivity contribution is 6.00. The van der Waals surface area contributed by atoms with E-state index in [1.54, 1.807) is 0 Å². The van der Waals surface area contributed by atoms with Crippen molar-refractivity contribution in [2.24, 2.45) is 4.99 Å². The van der Waals surface area contributed by atoms with E-state index < -0.39 is 0 Å². The molecule has 0 atom stereocenters. The fraction of sp³-hybridized carbons (Fsp3) is 0.0625. The monoisotopic (exact) mass is 235 g/mol. The van der Waals surface area contributed by atoms with E-state index in [0.29, 0.717) is 4.48 Å². The zero-order chi connectivity index (χ0) is 12.4. The van der Waals surface area contributed by atoms with Gasteiger partial charge in [0.15, 0.2) is 0 Å². The lowest BCUT2D eigenvalue weighted by Gasteiger charge is -2.30. The number of hydrogen-bond donors (Lipinski definition) is 0. The molecule has 1 aliphatic heterocycles. The molecule has 2 aromatic rings. The normalized spacial score (nSPS) is 16.6. The number of amidine groups is 1. The van der Waals surface area contributed by atoms with Gasteiger partial charge < -0.3 is 0 Å². The molecule has 0 unspecified atom stereocenters. The molecule has 0 spiro atoms. The second kappa shape index (κ2) is 4.24. The summed E-state index contributed by atoms with van der Waals surface area (Å²) < 4.78 is 0.585. The number of nitrogens with zero attached hydrogens (tertiary/aromatic N) is 2. The largest absolute Gasteiger partial charge is 0.214 e. The maximum absolute atomic E-state index is 4.45.